The average molecular weight is 657 g/mol. The topological polar surface area (TPSA) is 125 Å². The van der Waals surface area contributed by atoms with Gasteiger partial charge in [0.25, 0.3) is 0 Å². The fourth-order valence-corrected chi connectivity index (χ4v) is 5.35. The number of aromatic nitrogens is 6. The lowest BCUT2D eigenvalue weighted by Gasteiger charge is -2.13. The van der Waals surface area contributed by atoms with E-state index in [1.807, 2.05) is 84.0 Å². The predicted molar refractivity (Wildman–Crippen MR) is 190 cm³/mol. The van der Waals surface area contributed by atoms with Gasteiger partial charge in [-0.1, -0.05) is 39.8 Å². The Hall–Kier alpha value is -5.90. The van der Waals surface area contributed by atoms with Crippen LogP contribution in [0.25, 0.3) is 33.9 Å². The molecule has 0 spiro atoms. The van der Waals surface area contributed by atoms with Crippen molar-refractivity contribution in [2.45, 2.75) is 53.4 Å². The number of ether oxygens (including phenoxy) is 1. The van der Waals surface area contributed by atoms with E-state index in [4.69, 9.17) is 4.74 Å². The van der Waals surface area contributed by atoms with Gasteiger partial charge in [-0.3, -0.25) is 9.97 Å². The highest BCUT2D eigenvalue weighted by molar-refractivity contribution is 5.92. The first-order valence-corrected chi connectivity index (χ1v) is 16.0. The summed E-state index contributed by atoms with van der Waals surface area (Å²) in [7, 11) is 1.38. The monoisotopic (exact) mass is 656 g/mol. The Morgan fingerprint density at radius 3 is 1.49 bits per heavy atom. The molecule has 0 bridgehead atoms. The van der Waals surface area contributed by atoms with Crippen LogP contribution in [0, 0.1) is 13.8 Å². The van der Waals surface area contributed by atoms with E-state index < -0.39 is 5.97 Å². The minimum atomic E-state index is -0.962. The Labute approximate surface area is 286 Å². The van der Waals surface area contributed by atoms with Crippen molar-refractivity contribution in [3.63, 3.8) is 0 Å². The summed E-state index contributed by atoms with van der Waals surface area (Å²) in [6, 6.07) is 18.7. The number of aryl methyl sites for hydroxylation is 2. The van der Waals surface area contributed by atoms with Gasteiger partial charge >= 0.3 is 11.9 Å². The van der Waals surface area contributed by atoms with Crippen molar-refractivity contribution in [2.24, 2.45) is 0 Å². The van der Waals surface area contributed by atoms with Crippen molar-refractivity contribution in [3.05, 3.63) is 132 Å². The van der Waals surface area contributed by atoms with Crippen molar-refractivity contribution < 1.29 is 19.4 Å². The second-order valence-electron chi connectivity index (χ2n) is 12.4. The molecule has 0 aliphatic heterocycles. The van der Waals surface area contributed by atoms with Crippen LogP contribution in [0.5, 0.6) is 0 Å². The van der Waals surface area contributed by atoms with Crippen LogP contribution in [0.2, 0.25) is 0 Å². The highest BCUT2D eigenvalue weighted by Gasteiger charge is 2.16. The van der Waals surface area contributed by atoms with Crippen LogP contribution >= 0.6 is 0 Å². The van der Waals surface area contributed by atoms with Crippen molar-refractivity contribution in [2.75, 3.05) is 7.11 Å². The van der Waals surface area contributed by atoms with Gasteiger partial charge in [-0.2, -0.15) is 0 Å². The van der Waals surface area contributed by atoms with Crippen LogP contribution in [0.3, 0.4) is 0 Å². The first kappa shape index (κ1) is 34.4. The van der Waals surface area contributed by atoms with Crippen LogP contribution < -0.4 is 0 Å². The maximum atomic E-state index is 12.1. The van der Waals surface area contributed by atoms with E-state index in [-0.39, 0.29) is 23.4 Å². The smallest absolute Gasteiger partial charge is 0.337 e. The third-order valence-electron chi connectivity index (χ3n) is 7.85. The highest BCUT2D eigenvalue weighted by Crippen LogP contribution is 2.27. The number of hydrogen-bond donors (Lipinski definition) is 1. The van der Waals surface area contributed by atoms with Gasteiger partial charge in [-0.15, -0.1) is 0 Å². The predicted octanol–water partition coefficient (Wildman–Crippen LogP) is 8.22. The zero-order chi connectivity index (χ0) is 35.2. The highest BCUT2D eigenvalue weighted by atomic mass is 16.5. The lowest BCUT2D eigenvalue weighted by atomic mass is 10.0. The molecular weight excluding hydrogens is 616 g/mol. The number of carboxylic acid groups (broad SMARTS) is 1. The van der Waals surface area contributed by atoms with Gasteiger partial charge in [0.15, 0.2) is 0 Å². The lowest BCUT2D eigenvalue weighted by Crippen LogP contribution is -2.06. The SMILES string of the molecule is COC(=O)c1cc(-c2ccc(C)cn2)cc(-n2ccnc2C(C)C)c1.Cc1ccc(-c2cc(C(=O)O)cc(-n3ccnc3C(C)C)c2)nc1. The van der Waals surface area contributed by atoms with Gasteiger partial charge in [0.2, 0.25) is 0 Å². The van der Waals surface area contributed by atoms with E-state index >= 15 is 0 Å². The number of carbonyl (C=O) groups excluding carboxylic acids is 1. The van der Waals surface area contributed by atoms with Crippen LogP contribution in [0.1, 0.15) is 83.0 Å². The Morgan fingerprint density at radius 1 is 0.653 bits per heavy atom. The number of hydrogen-bond acceptors (Lipinski definition) is 7. The van der Waals surface area contributed by atoms with Gasteiger partial charge in [0, 0.05) is 71.5 Å². The van der Waals surface area contributed by atoms with Crippen molar-refractivity contribution in [3.8, 4) is 33.9 Å². The van der Waals surface area contributed by atoms with Crippen LogP contribution in [-0.4, -0.2) is 53.2 Å². The molecule has 0 radical (unpaired) electrons. The van der Waals surface area contributed by atoms with Crippen LogP contribution in [-0.2, 0) is 4.74 Å². The Morgan fingerprint density at radius 2 is 1.10 bits per heavy atom. The van der Waals surface area contributed by atoms with E-state index in [0.717, 1.165) is 56.7 Å². The van der Waals surface area contributed by atoms with Gasteiger partial charge in [-0.05, 0) is 73.5 Å². The molecule has 0 atom stereocenters. The van der Waals surface area contributed by atoms with E-state index in [1.54, 1.807) is 36.8 Å². The molecule has 250 valence electrons. The molecule has 6 aromatic rings. The summed E-state index contributed by atoms with van der Waals surface area (Å²) in [5.74, 6) is 0.982. The molecule has 0 amide bonds. The van der Waals surface area contributed by atoms with Gasteiger partial charge in [-0.25, -0.2) is 19.6 Å². The first-order valence-electron chi connectivity index (χ1n) is 16.0. The van der Waals surface area contributed by atoms with Crippen molar-refractivity contribution in [1.29, 1.82) is 0 Å². The molecule has 0 aliphatic rings. The average Bonchev–Trinajstić information content (AvgIpc) is 3.80. The van der Waals surface area contributed by atoms with E-state index in [0.29, 0.717) is 5.56 Å². The number of carboxylic acids is 1. The molecule has 10 heteroatoms. The number of esters is 1. The third kappa shape index (κ3) is 7.98. The minimum Gasteiger partial charge on any atom is -0.478 e. The number of imidazole rings is 2. The molecule has 0 saturated heterocycles. The minimum absolute atomic E-state index is 0.230. The number of rotatable bonds is 8. The van der Waals surface area contributed by atoms with Gasteiger partial charge in [0.05, 0.1) is 29.6 Å². The maximum Gasteiger partial charge on any atom is 0.337 e. The largest absolute Gasteiger partial charge is 0.478 e. The molecule has 10 nitrogen and oxygen atoms in total. The summed E-state index contributed by atoms with van der Waals surface area (Å²) in [5.41, 5.74) is 7.69. The lowest BCUT2D eigenvalue weighted by molar-refractivity contribution is 0.0599. The molecule has 2 aromatic carbocycles. The summed E-state index contributed by atoms with van der Waals surface area (Å²) >= 11 is 0. The van der Waals surface area contributed by atoms with Crippen molar-refractivity contribution in [1.82, 2.24) is 29.1 Å². The molecule has 1 N–H and O–H groups in total. The second kappa shape index (κ2) is 14.9. The molecule has 49 heavy (non-hydrogen) atoms. The number of aromatic carboxylic acids is 1. The van der Waals surface area contributed by atoms with Crippen molar-refractivity contribution >= 4 is 11.9 Å². The number of nitrogens with zero attached hydrogens (tertiary/aromatic N) is 6. The van der Waals surface area contributed by atoms with E-state index in [1.165, 1.54) is 7.11 Å². The Kier molecular flexibility index (Phi) is 10.5. The van der Waals surface area contributed by atoms with Gasteiger partial charge < -0.3 is 19.0 Å². The summed E-state index contributed by atoms with van der Waals surface area (Å²) in [4.78, 5) is 41.4. The summed E-state index contributed by atoms with van der Waals surface area (Å²) < 4.78 is 8.83. The molecule has 0 aliphatic carbocycles. The number of benzene rings is 2. The summed E-state index contributed by atoms with van der Waals surface area (Å²) in [5, 5.41) is 9.46. The summed E-state index contributed by atoms with van der Waals surface area (Å²) in [6.45, 7) is 12.3. The van der Waals surface area contributed by atoms with E-state index in [2.05, 4.69) is 47.6 Å². The normalized spacial score (nSPS) is 11.0. The summed E-state index contributed by atoms with van der Waals surface area (Å²) in [6.07, 6.45) is 10.8. The zero-order valence-corrected chi connectivity index (χ0v) is 28.7. The van der Waals surface area contributed by atoms with E-state index in [9.17, 15) is 14.7 Å². The molecular formula is C39H40N6O4. The molecule has 6 rings (SSSR count). The van der Waals surface area contributed by atoms with Crippen LogP contribution in [0.15, 0.2) is 97.8 Å². The second-order valence-corrected chi connectivity index (χ2v) is 12.4. The number of pyridine rings is 2. The molecule has 4 aromatic heterocycles. The van der Waals surface area contributed by atoms with Gasteiger partial charge in [0.1, 0.15) is 11.6 Å². The first-order chi connectivity index (χ1) is 23.4. The molecule has 0 fully saturated rings. The molecule has 0 unspecified atom stereocenters. The third-order valence-corrected chi connectivity index (χ3v) is 7.85. The fraction of sp³-hybridized carbons (Fsp3) is 0.231. The maximum absolute atomic E-state index is 12.1. The molecule has 4 heterocycles. The standard InChI is InChI=1S/C20H21N3O2.C19H19N3O2/c1-13(2)19-21-7-8-23(19)17-10-15(9-16(11-17)20(24)25-4)18-6-5-14(3)12-22-18;1-12(2)18-20-6-7-22(18)16-9-14(8-15(10-16)19(23)24)17-5-4-13(3)11-21-17/h5-13H,1-4H3;4-12H,1-3H3,(H,23,24). The molecule has 0 saturated carbocycles. The fourth-order valence-electron chi connectivity index (χ4n) is 5.35. The van der Waals surface area contributed by atoms with Crippen LogP contribution in [0.4, 0.5) is 0 Å². The number of carbonyl (C=O) groups is 2. The quantitative estimate of drug-likeness (QED) is 0.163. The Balaban J connectivity index is 0.000000191. The number of methoxy groups -OCH3 is 1. The zero-order valence-electron chi connectivity index (χ0n) is 28.7. The Bertz CT molecular complexity index is 2080.